The van der Waals surface area contributed by atoms with Crippen molar-refractivity contribution in [2.45, 2.75) is 0 Å². The quantitative estimate of drug-likeness (QED) is 0.460. The molecule has 0 fully saturated rings. The van der Waals surface area contributed by atoms with E-state index in [1.54, 1.807) is 24.4 Å². The van der Waals surface area contributed by atoms with Crippen molar-refractivity contribution in [3.8, 4) is 5.75 Å². The number of hydrogen-bond acceptors (Lipinski definition) is 5. The molecule has 0 aliphatic carbocycles. The number of ether oxygens (including phenoxy) is 2. The van der Waals surface area contributed by atoms with Crippen molar-refractivity contribution in [1.29, 1.82) is 0 Å². The summed E-state index contributed by atoms with van der Waals surface area (Å²) in [6.07, 6.45) is 3.21. The van der Waals surface area contributed by atoms with Gasteiger partial charge in [0.1, 0.15) is 5.75 Å². The van der Waals surface area contributed by atoms with Crippen LogP contribution in [0.25, 0.3) is 0 Å². The maximum Gasteiger partial charge on any atom is 0.358 e. The lowest BCUT2D eigenvalue weighted by Gasteiger charge is -2.06. The average Bonchev–Trinajstić information content (AvgIpc) is 2.42. The van der Waals surface area contributed by atoms with E-state index >= 15 is 0 Å². The van der Waals surface area contributed by atoms with Crippen LogP contribution >= 0.6 is 0 Å². The van der Waals surface area contributed by atoms with Gasteiger partial charge in [0.25, 0.3) is 0 Å². The largest absolute Gasteiger partial charge is 0.497 e. The zero-order chi connectivity index (χ0) is 14.3. The number of esters is 1. The van der Waals surface area contributed by atoms with Gasteiger partial charge in [-0.1, -0.05) is 0 Å². The zero-order valence-electron chi connectivity index (χ0n) is 11.6. The Labute approximate surface area is 113 Å². The minimum atomic E-state index is -0.474. The van der Waals surface area contributed by atoms with E-state index in [1.807, 2.05) is 38.4 Å². The Balaban J connectivity index is 2.88. The summed E-state index contributed by atoms with van der Waals surface area (Å²) in [4.78, 5) is 17.4. The number of nitrogens with zero attached hydrogens (tertiary/aromatic N) is 2. The molecular weight excluding hydrogens is 244 g/mol. The van der Waals surface area contributed by atoms with Gasteiger partial charge in [0.15, 0.2) is 5.70 Å². The van der Waals surface area contributed by atoms with E-state index < -0.39 is 5.97 Å². The molecule has 0 radical (unpaired) electrons. The van der Waals surface area contributed by atoms with Crippen LogP contribution in [-0.4, -0.2) is 45.4 Å². The third-order valence-corrected chi connectivity index (χ3v) is 2.24. The fourth-order valence-electron chi connectivity index (χ4n) is 1.32. The van der Waals surface area contributed by atoms with E-state index in [1.165, 1.54) is 7.11 Å². The fourth-order valence-corrected chi connectivity index (χ4v) is 1.32. The summed E-state index contributed by atoms with van der Waals surface area (Å²) in [5.41, 5.74) is 1.11. The summed E-state index contributed by atoms with van der Waals surface area (Å²) < 4.78 is 9.74. The maximum atomic E-state index is 11.5. The standard InChI is InChI=1S/C14H18N2O3/c1-16(2)10-13(14(17)19-4)15-9-11-5-7-12(18-3)8-6-11/h5-10H,1-4H3. The number of methoxy groups -OCH3 is 2. The molecule has 0 amide bonds. The van der Waals surface area contributed by atoms with Crippen LogP contribution in [0, 0.1) is 0 Å². The Hall–Kier alpha value is -2.30. The van der Waals surface area contributed by atoms with Gasteiger partial charge in [-0.15, -0.1) is 0 Å². The van der Waals surface area contributed by atoms with E-state index in [-0.39, 0.29) is 5.70 Å². The summed E-state index contributed by atoms with van der Waals surface area (Å²) in [6, 6.07) is 7.36. The van der Waals surface area contributed by atoms with Crippen LogP contribution in [0.1, 0.15) is 5.56 Å². The molecule has 0 aromatic heterocycles. The summed E-state index contributed by atoms with van der Waals surface area (Å²) >= 11 is 0. The molecule has 5 nitrogen and oxygen atoms in total. The topological polar surface area (TPSA) is 51.1 Å². The van der Waals surface area contributed by atoms with E-state index in [0.717, 1.165) is 11.3 Å². The number of carbonyl (C=O) groups is 1. The summed E-state index contributed by atoms with van der Waals surface area (Å²) in [5.74, 6) is 0.299. The Morgan fingerprint density at radius 2 is 1.84 bits per heavy atom. The van der Waals surface area contributed by atoms with Gasteiger partial charge >= 0.3 is 5.97 Å². The monoisotopic (exact) mass is 262 g/mol. The van der Waals surface area contributed by atoms with Crippen molar-refractivity contribution < 1.29 is 14.3 Å². The molecule has 102 valence electrons. The van der Waals surface area contributed by atoms with E-state index in [2.05, 4.69) is 9.73 Å². The Bertz CT molecular complexity index is 476. The highest BCUT2D eigenvalue weighted by Gasteiger charge is 2.07. The van der Waals surface area contributed by atoms with Crippen LogP contribution < -0.4 is 4.74 Å². The number of benzene rings is 1. The second-order valence-corrected chi connectivity index (χ2v) is 4.00. The van der Waals surface area contributed by atoms with E-state index in [0.29, 0.717) is 0 Å². The van der Waals surface area contributed by atoms with Gasteiger partial charge in [0.2, 0.25) is 0 Å². The predicted octanol–water partition coefficient (Wildman–Crippen LogP) is 1.69. The molecule has 1 rings (SSSR count). The Kier molecular flexibility index (Phi) is 5.60. The van der Waals surface area contributed by atoms with Crippen LogP contribution in [-0.2, 0) is 9.53 Å². The number of carbonyl (C=O) groups excluding carboxylic acids is 1. The molecule has 0 aliphatic rings. The molecule has 1 aromatic rings. The smallest absolute Gasteiger partial charge is 0.358 e. The molecule has 0 bridgehead atoms. The van der Waals surface area contributed by atoms with Crippen molar-refractivity contribution in [1.82, 2.24) is 4.90 Å². The lowest BCUT2D eigenvalue weighted by Crippen LogP contribution is -2.09. The first kappa shape index (κ1) is 14.8. The molecule has 0 unspecified atom stereocenters. The van der Waals surface area contributed by atoms with Crippen LogP contribution in [0.4, 0.5) is 0 Å². The van der Waals surface area contributed by atoms with Crippen LogP contribution in [0.15, 0.2) is 41.2 Å². The highest BCUT2D eigenvalue weighted by molar-refractivity contribution is 5.92. The highest BCUT2D eigenvalue weighted by Crippen LogP contribution is 2.10. The molecule has 0 atom stereocenters. The van der Waals surface area contributed by atoms with Crippen molar-refractivity contribution >= 4 is 12.2 Å². The third-order valence-electron chi connectivity index (χ3n) is 2.24. The van der Waals surface area contributed by atoms with Gasteiger partial charge in [-0.25, -0.2) is 9.79 Å². The molecule has 0 N–H and O–H groups in total. The van der Waals surface area contributed by atoms with E-state index in [9.17, 15) is 4.79 Å². The maximum absolute atomic E-state index is 11.5. The highest BCUT2D eigenvalue weighted by atomic mass is 16.5. The van der Waals surface area contributed by atoms with Gasteiger partial charge < -0.3 is 14.4 Å². The Morgan fingerprint density at radius 1 is 1.21 bits per heavy atom. The van der Waals surface area contributed by atoms with Crippen LogP contribution in [0.3, 0.4) is 0 Å². The molecular formula is C14H18N2O3. The van der Waals surface area contributed by atoms with E-state index in [4.69, 9.17) is 4.74 Å². The molecule has 0 saturated heterocycles. The second kappa shape index (κ2) is 7.20. The first-order valence-corrected chi connectivity index (χ1v) is 5.71. The SMILES string of the molecule is COC(=O)C(=CN(C)C)N=Cc1ccc(OC)cc1. The molecule has 5 heteroatoms. The lowest BCUT2D eigenvalue weighted by molar-refractivity contribution is -0.136. The van der Waals surface area contributed by atoms with Gasteiger partial charge in [0, 0.05) is 26.5 Å². The first-order chi connectivity index (χ1) is 9.06. The average molecular weight is 262 g/mol. The second-order valence-electron chi connectivity index (χ2n) is 4.00. The third kappa shape index (κ3) is 4.83. The molecule has 0 heterocycles. The van der Waals surface area contributed by atoms with Crippen molar-refractivity contribution in [3.63, 3.8) is 0 Å². The fraction of sp³-hybridized carbons (Fsp3) is 0.286. The molecule has 0 aliphatic heterocycles. The van der Waals surface area contributed by atoms with Crippen molar-refractivity contribution in [2.24, 2.45) is 4.99 Å². The molecule has 0 saturated carbocycles. The predicted molar refractivity (Wildman–Crippen MR) is 74.4 cm³/mol. The van der Waals surface area contributed by atoms with Gasteiger partial charge in [-0.05, 0) is 29.8 Å². The summed E-state index contributed by atoms with van der Waals surface area (Å²) in [7, 11) is 6.56. The first-order valence-electron chi connectivity index (χ1n) is 5.71. The minimum absolute atomic E-state index is 0.239. The number of rotatable bonds is 5. The van der Waals surface area contributed by atoms with Crippen LogP contribution in [0.5, 0.6) is 5.75 Å². The summed E-state index contributed by atoms with van der Waals surface area (Å²) in [5, 5.41) is 0. The van der Waals surface area contributed by atoms with Crippen molar-refractivity contribution in [3.05, 3.63) is 41.7 Å². The molecule has 19 heavy (non-hydrogen) atoms. The Morgan fingerprint density at radius 3 is 2.32 bits per heavy atom. The van der Waals surface area contributed by atoms with Gasteiger partial charge in [-0.2, -0.15) is 0 Å². The molecule has 1 aromatic carbocycles. The number of aliphatic imine (C=N–C) groups is 1. The van der Waals surface area contributed by atoms with Crippen molar-refractivity contribution in [2.75, 3.05) is 28.3 Å². The number of hydrogen-bond donors (Lipinski definition) is 0. The normalized spacial score (nSPS) is 11.5. The van der Waals surface area contributed by atoms with Gasteiger partial charge in [0.05, 0.1) is 14.2 Å². The minimum Gasteiger partial charge on any atom is -0.497 e. The summed E-state index contributed by atoms with van der Waals surface area (Å²) in [6.45, 7) is 0. The zero-order valence-corrected chi connectivity index (χ0v) is 11.6. The molecule has 0 spiro atoms. The van der Waals surface area contributed by atoms with Gasteiger partial charge in [-0.3, -0.25) is 0 Å². The van der Waals surface area contributed by atoms with Crippen LogP contribution in [0.2, 0.25) is 0 Å². The lowest BCUT2D eigenvalue weighted by atomic mass is 10.2.